The van der Waals surface area contributed by atoms with Gasteiger partial charge >= 0.3 is 12.2 Å². The lowest BCUT2D eigenvalue weighted by molar-refractivity contribution is -0.126. The van der Waals surface area contributed by atoms with Gasteiger partial charge in [-0.25, -0.2) is 9.59 Å². The SMILES string of the molecule is CC(C)(C)OC(=O)N1C[C@H](O[Si](c2ccccc2)(c2ccccc2)C(C)(C)C)C[C@H]1C(=O)NCCCCNC(=O)[C@@H]1C[C@@H](O[Si](c2ccccc2)(c2ccccc2)C(C)(C)C)CN1C(=O)OC(C)(C)C. The van der Waals surface area contributed by atoms with Crippen LogP contribution in [-0.4, -0.2) is 112 Å². The predicted octanol–water partition coefficient (Wildman–Crippen LogP) is 7.91. The molecular formula is C56H78N4O8Si2. The molecule has 378 valence electrons. The summed E-state index contributed by atoms with van der Waals surface area (Å²) >= 11 is 0. The van der Waals surface area contributed by atoms with Crippen LogP contribution in [0.1, 0.15) is 109 Å². The molecule has 70 heavy (non-hydrogen) atoms. The molecular weight excluding hydrogens is 913 g/mol. The van der Waals surface area contributed by atoms with Gasteiger partial charge in [-0.3, -0.25) is 19.4 Å². The zero-order chi connectivity index (χ0) is 51.1. The maximum atomic E-state index is 14.1. The zero-order valence-corrected chi connectivity index (χ0v) is 45.7. The fourth-order valence-electron chi connectivity index (χ4n) is 10.1. The molecule has 4 atom stereocenters. The quantitative estimate of drug-likeness (QED) is 0.0907. The van der Waals surface area contributed by atoms with Crippen molar-refractivity contribution in [1.82, 2.24) is 20.4 Å². The Hall–Kier alpha value is -5.29. The number of benzene rings is 4. The Bertz CT molecular complexity index is 2120. The summed E-state index contributed by atoms with van der Waals surface area (Å²) in [5.74, 6) is -0.566. The number of rotatable bonds is 15. The van der Waals surface area contributed by atoms with Gasteiger partial charge in [-0.05, 0) is 85.2 Å². The molecule has 2 heterocycles. The molecule has 2 N–H and O–H groups in total. The van der Waals surface area contributed by atoms with Crippen LogP contribution < -0.4 is 31.4 Å². The molecule has 0 unspecified atom stereocenters. The lowest BCUT2D eigenvalue weighted by atomic mass is 10.1. The van der Waals surface area contributed by atoms with Crippen molar-refractivity contribution in [2.45, 2.75) is 154 Å². The molecule has 2 aliphatic rings. The Balaban J connectivity index is 1.12. The molecule has 2 aliphatic heterocycles. The maximum Gasteiger partial charge on any atom is 0.411 e. The first-order valence-corrected chi connectivity index (χ1v) is 28.8. The molecule has 4 aromatic carbocycles. The van der Waals surface area contributed by atoms with Gasteiger partial charge in [-0.15, -0.1) is 0 Å². The second kappa shape index (κ2) is 22.0. The topological polar surface area (TPSA) is 136 Å². The summed E-state index contributed by atoms with van der Waals surface area (Å²) in [7, 11) is -6.00. The number of carbonyl (C=O) groups excluding carboxylic acids is 4. The summed E-state index contributed by atoms with van der Waals surface area (Å²) < 4.78 is 26.5. The van der Waals surface area contributed by atoms with Crippen LogP contribution in [0.25, 0.3) is 0 Å². The summed E-state index contributed by atoms with van der Waals surface area (Å²) in [5.41, 5.74) is -1.53. The van der Waals surface area contributed by atoms with Crippen LogP contribution in [0.2, 0.25) is 10.1 Å². The molecule has 2 saturated heterocycles. The minimum atomic E-state index is -3.00. The maximum absolute atomic E-state index is 14.1. The summed E-state index contributed by atoms with van der Waals surface area (Å²) in [5, 5.41) is 10.0. The van der Waals surface area contributed by atoms with Crippen LogP contribution in [0, 0.1) is 0 Å². The van der Waals surface area contributed by atoms with Crippen LogP contribution >= 0.6 is 0 Å². The van der Waals surface area contributed by atoms with Crippen molar-refractivity contribution < 1.29 is 37.5 Å². The standard InChI is InChI=1S/C56H78N4O8Si2/c1-53(2,3)65-51(63)59-39-41(67-69(55(7,8)9,43-27-17-13-18-28-43)44-29-19-14-20-30-44)37-47(59)49(61)57-35-25-26-36-58-50(62)48-38-42(40-60(48)52(64)66-54(4,5)6)68-70(56(10,11)12,45-31-21-15-22-32-45)46-33-23-16-24-34-46/h13-24,27-34,41-42,47-48H,25-26,35-40H2,1-12H3,(H,57,61)(H,58,62)/t41-,42-,47+,48+/m1/s1. The molecule has 4 aromatic rings. The molecule has 14 heteroatoms. The van der Waals surface area contributed by atoms with E-state index in [1.807, 2.05) is 114 Å². The third-order valence-corrected chi connectivity index (χ3v) is 23.3. The first kappa shape index (κ1) is 54.1. The Labute approximate surface area is 419 Å². The summed E-state index contributed by atoms with van der Waals surface area (Å²) in [4.78, 5) is 58.9. The fourth-order valence-corrected chi connectivity index (χ4v) is 19.5. The van der Waals surface area contributed by atoms with E-state index in [2.05, 4.69) is 101 Å². The molecule has 0 radical (unpaired) electrons. The molecule has 0 bridgehead atoms. The lowest BCUT2D eigenvalue weighted by Gasteiger charge is -2.44. The molecule has 0 saturated carbocycles. The van der Waals surface area contributed by atoms with Crippen LogP contribution in [0.5, 0.6) is 0 Å². The number of nitrogens with zero attached hydrogens (tertiary/aromatic N) is 2. The van der Waals surface area contributed by atoms with Gasteiger partial charge in [-0.1, -0.05) is 163 Å². The average Bonchev–Trinajstić information content (AvgIpc) is 3.93. The molecule has 12 nitrogen and oxygen atoms in total. The highest BCUT2D eigenvalue weighted by Crippen LogP contribution is 2.41. The number of amides is 4. The van der Waals surface area contributed by atoms with E-state index >= 15 is 0 Å². The number of unbranched alkanes of at least 4 members (excludes halogenated alkanes) is 1. The number of hydrogen-bond donors (Lipinski definition) is 2. The number of nitrogens with one attached hydrogen (secondary N) is 2. The molecule has 4 amide bonds. The summed E-state index contributed by atoms with van der Waals surface area (Å²) in [6.45, 7) is 25.2. The van der Waals surface area contributed by atoms with E-state index in [4.69, 9.17) is 18.3 Å². The van der Waals surface area contributed by atoms with Gasteiger partial charge in [-0.2, -0.15) is 0 Å². The minimum Gasteiger partial charge on any atom is -0.444 e. The van der Waals surface area contributed by atoms with E-state index < -0.39 is 64.3 Å². The molecule has 2 fully saturated rings. The highest BCUT2D eigenvalue weighted by atomic mass is 28.4. The second-order valence-corrected chi connectivity index (χ2v) is 31.4. The molecule has 0 spiro atoms. The van der Waals surface area contributed by atoms with Crippen LogP contribution in [0.3, 0.4) is 0 Å². The first-order chi connectivity index (χ1) is 32.9. The lowest BCUT2D eigenvalue weighted by Crippen LogP contribution is -2.67. The van der Waals surface area contributed by atoms with Crippen LogP contribution in [-0.2, 0) is 27.9 Å². The van der Waals surface area contributed by atoms with Crippen molar-refractivity contribution in [3.8, 4) is 0 Å². The minimum absolute atomic E-state index is 0.203. The highest BCUT2D eigenvalue weighted by Gasteiger charge is 2.55. The Morgan fingerprint density at radius 3 is 0.986 bits per heavy atom. The Kier molecular flexibility index (Phi) is 17.0. The number of hydrogen-bond acceptors (Lipinski definition) is 8. The Morgan fingerprint density at radius 2 is 0.743 bits per heavy atom. The third-order valence-electron chi connectivity index (χ3n) is 13.1. The second-order valence-electron chi connectivity index (χ2n) is 22.9. The highest BCUT2D eigenvalue weighted by molar-refractivity contribution is 7.00. The van der Waals surface area contributed by atoms with Gasteiger partial charge in [0.2, 0.25) is 11.8 Å². The number of likely N-dealkylation sites (tertiary alicyclic amines) is 2. The monoisotopic (exact) mass is 991 g/mol. The molecule has 6 rings (SSSR count). The van der Waals surface area contributed by atoms with Crippen LogP contribution in [0.4, 0.5) is 9.59 Å². The van der Waals surface area contributed by atoms with E-state index in [0.717, 1.165) is 20.7 Å². The fraction of sp³-hybridized carbons (Fsp3) is 0.500. The first-order valence-electron chi connectivity index (χ1n) is 25.0. The normalized spacial score (nSPS) is 19.1. The van der Waals surface area contributed by atoms with E-state index in [9.17, 15) is 19.2 Å². The number of carbonyl (C=O) groups is 4. The van der Waals surface area contributed by atoms with Gasteiger partial charge in [0.15, 0.2) is 0 Å². The van der Waals surface area contributed by atoms with Crippen molar-refractivity contribution >= 4 is 61.4 Å². The predicted molar refractivity (Wildman–Crippen MR) is 283 cm³/mol. The third kappa shape index (κ3) is 12.6. The largest absolute Gasteiger partial charge is 0.444 e. The number of ether oxygens (including phenoxy) is 2. The summed E-state index contributed by atoms with van der Waals surface area (Å²) in [6.07, 6.45) is -0.250. The van der Waals surface area contributed by atoms with E-state index in [-0.39, 0.29) is 35.0 Å². The summed E-state index contributed by atoms with van der Waals surface area (Å²) in [6, 6.07) is 39.7. The smallest absolute Gasteiger partial charge is 0.411 e. The zero-order valence-electron chi connectivity index (χ0n) is 43.7. The van der Waals surface area contributed by atoms with E-state index in [0.29, 0.717) is 38.8 Å². The van der Waals surface area contributed by atoms with Crippen molar-refractivity contribution in [3.05, 3.63) is 121 Å². The Morgan fingerprint density at radius 1 is 0.471 bits per heavy atom. The van der Waals surface area contributed by atoms with Crippen LogP contribution in [0.15, 0.2) is 121 Å². The van der Waals surface area contributed by atoms with Gasteiger partial charge in [0.05, 0.1) is 12.2 Å². The molecule has 0 aliphatic carbocycles. The van der Waals surface area contributed by atoms with E-state index in [1.54, 1.807) is 0 Å². The van der Waals surface area contributed by atoms with Gasteiger partial charge < -0.3 is 29.0 Å². The van der Waals surface area contributed by atoms with Crippen molar-refractivity contribution in [1.29, 1.82) is 0 Å². The average molecular weight is 991 g/mol. The van der Waals surface area contributed by atoms with Crippen molar-refractivity contribution in [2.24, 2.45) is 0 Å². The molecule has 0 aromatic heterocycles. The van der Waals surface area contributed by atoms with Crippen molar-refractivity contribution in [2.75, 3.05) is 26.2 Å². The van der Waals surface area contributed by atoms with Gasteiger partial charge in [0.25, 0.3) is 16.6 Å². The van der Waals surface area contributed by atoms with Crippen molar-refractivity contribution in [3.63, 3.8) is 0 Å². The van der Waals surface area contributed by atoms with Gasteiger partial charge in [0, 0.05) is 39.0 Å². The van der Waals surface area contributed by atoms with Gasteiger partial charge in [0.1, 0.15) is 23.3 Å². The van der Waals surface area contributed by atoms with E-state index in [1.165, 1.54) is 9.80 Å².